The Morgan fingerprint density at radius 3 is 3.00 bits per heavy atom. The van der Waals surface area contributed by atoms with Gasteiger partial charge in [-0.25, -0.2) is 0 Å². The van der Waals surface area contributed by atoms with Gasteiger partial charge in [0.2, 0.25) is 0 Å². The lowest BCUT2D eigenvalue weighted by molar-refractivity contribution is 0.428. The maximum absolute atomic E-state index is 6.00. The Bertz CT molecular complexity index is 301. The molecule has 2 heterocycles. The highest BCUT2D eigenvalue weighted by Gasteiger charge is 2.19. The second-order valence-electron chi connectivity index (χ2n) is 4.12. The van der Waals surface area contributed by atoms with E-state index >= 15 is 0 Å². The van der Waals surface area contributed by atoms with Crippen molar-refractivity contribution in [3.8, 4) is 0 Å². The molecular formula is C10H17N3. The molecule has 0 aromatic carbocycles. The summed E-state index contributed by atoms with van der Waals surface area (Å²) in [6.45, 7) is 5.37. The summed E-state index contributed by atoms with van der Waals surface area (Å²) >= 11 is 0. The van der Waals surface area contributed by atoms with Gasteiger partial charge in [0.1, 0.15) is 0 Å². The van der Waals surface area contributed by atoms with Crippen LogP contribution in [0.1, 0.15) is 50.0 Å². The van der Waals surface area contributed by atoms with Crippen LogP contribution in [-0.4, -0.2) is 9.78 Å². The third-order valence-electron chi connectivity index (χ3n) is 2.69. The van der Waals surface area contributed by atoms with Crippen LogP contribution in [0.15, 0.2) is 6.07 Å². The maximum atomic E-state index is 6.00. The fourth-order valence-electron chi connectivity index (χ4n) is 1.82. The van der Waals surface area contributed by atoms with Crippen LogP contribution in [0.2, 0.25) is 0 Å². The second kappa shape index (κ2) is 3.14. The summed E-state index contributed by atoms with van der Waals surface area (Å²) in [6, 6.07) is 2.36. The zero-order valence-electron chi connectivity index (χ0n) is 8.33. The first-order valence-electron chi connectivity index (χ1n) is 5.01. The van der Waals surface area contributed by atoms with Gasteiger partial charge in [0.15, 0.2) is 0 Å². The number of rotatable bonds is 1. The molecule has 1 aliphatic rings. The van der Waals surface area contributed by atoms with Crippen LogP contribution in [0.3, 0.4) is 0 Å². The Morgan fingerprint density at radius 1 is 1.62 bits per heavy atom. The third-order valence-corrected chi connectivity index (χ3v) is 2.69. The Balaban J connectivity index is 2.36. The van der Waals surface area contributed by atoms with Crippen LogP contribution in [0.4, 0.5) is 0 Å². The molecule has 1 aliphatic heterocycles. The first kappa shape index (κ1) is 8.75. The number of nitrogens with zero attached hydrogens (tertiary/aromatic N) is 2. The van der Waals surface area contributed by atoms with E-state index < -0.39 is 0 Å². The zero-order chi connectivity index (χ0) is 9.42. The molecule has 0 saturated heterocycles. The van der Waals surface area contributed by atoms with E-state index in [0.29, 0.717) is 5.92 Å². The Kier molecular flexibility index (Phi) is 2.12. The van der Waals surface area contributed by atoms with Crippen LogP contribution >= 0.6 is 0 Å². The van der Waals surface area contributed by atoms with Gasteiger partial charge in [-0.3, -0.25) is 4.68 Å². The SMILES string of the molecule is CC(C)c1cc2n(n1)CCCC2N. The van der Waals surface area contributed by atoms with Gasteiger partial charge < -0.3 is 5.73 Å². The molecule has 1 aromatic heterocycles. The third kappa shape index (κ3) is 1.48. The van der Waals surface area contributed by atoms with Crippen molar-refractivity contribution < 1.29 is 0 Å². The fourth-order valence-corrected chi connectivity index (χ4v) is 1.82. The smallest absolute Gasteiger partial charge is 0.0653 e. The Hall–Kier alpha value is -0.830. The van der Waals surface area contributed by atoms with Gasteiger partial charge in [0, 0.05) is 12.6 Å². The summed E-state index contributed by atoms with van der Waals surface area (Å²) in [4.78, 5) is 0. The number of hydrogen-bond donors (Lipinski definition) is 1. The molecule has 0 amide bonds. The van der Waals surface area contributed by atoms with Gasteiger partial charge in [-0.15, -0.1) is 0 Å². The Labute approximate surface area is 78.9 Å². The average molecular weight is 179 g/mol. The van der Waals surface area contributed by atoms with E-state index in [1.54, 1.807) is 0 Å². The molecule has 72 valence electrons. The summed E-state index contributed by atoms with van der Waals surface area (Å²) in [5, 5.41) is 4.54. The predicted octanol–water partition coefficient (Wildman–Crippen LogP) is 1.80. The fraction of sp³-hybridized carbons (Fsp3) is 0.700. The van der Waals surface area contributed by atoms with Crippen LogP contribution in [0, 0.1) is 0 Å². The molecule has 0 fully saturated rings. The van der Waals surface area contributed by atoms with Crippen molar-refractivity contribution in [2.24, 2.45) is 5.73 Å². The minimum absolute atomic E-state index is 0.203. The maximum Gasteiger partial charge on any atom is 0.0653 e. The quantitative estimate of drug-likeness (QED) is 0.714. The molecule has 0 bridgehead atoms. The highest BCUT2D eigenvalue weighted by Crippen LogP contribution is 2.25. The minimum atomic E-state index is 0.203. The molecule has 0 saturated carbocycles. The molecule has 0 spiro atoms. The van der Waals surface area contributed by atoms with Gasteiger partial charge in [0.25, 0.3) is 0 Å². The van der Waals surface area contributed by atoms with Gasteiger partial charge in [-0.05, 0) is 24.8 Å². The molecule has 1 aromatic rings. The molecule has 3 nitrogen and oxygen atoms in total. The summed E-state index contributed by atoms with van der Waals surface area (Å²) in [7, 11) is 0. The molecule has 13 heavy (non-hydrogen) atoms. The van der Waals surface area contributed by atoms with Crippen LogP contribution in [-0.2, 0) is 6.54 Å². The summed E-state index contributed by atoms with van der Waals surface area (Å²) in [5.74, 6) is 0.505. The van der Waals surface area contributed by atoms with E-state index in [1.807, 2.05) is 0 Å². The van der Waals surface area contributed by atoms with Crippen LogP contribution in [0.5, 0.6) is 0 Å². The lowest BCUT2D eigenvalue weighted by Crippen LogP contribution is -2.21. The van der Waals surface area contributed by atoms with Gasteiger partial charge in [0.05, 0.1) is 11.4 Å². The van der Waals surface area contributed by atoms with E-state index in [9.17, 15) is 0 Å². The number of hydrogen-bond acceptors (Lipinski definition) is 2. The summed E-state index contributed by atoms with van der Waals surface area (Å²) in [5.41, 5.74) is 8.39. The molecule has 2 N–H and O–H groups in total. The van der Waals surface area contributed by atoms with Gasteiger partial charge in [-0.2, -0.15) is 5.10 Å². The Morgan fingerprint density at radius 2 is 2.38 bits per heavy atom. The lowest BCUT2D eigenvalue weighted by Gasteiger charge is -2.19. The molecule has 3 heteroatoms. The zero-order valence-corrected chi connectivity index (χ0v) is 8.33. The summed E-state index contributed by atoms with van der Waals surface area (Å²) < 4.78 is 2.07. The summed E-state index contributed by atoms with van der Waals surface area (Å²) in [6.07, 6.45) is 2.26. The van der Waals surface area contributed by atoms with E-state index in [-0.39, 0.29) is 6.04 Å². The number of aryl methyl sites for hydroxylation is 1. The normalized spacial score (nSPS) is 22.0. The van der Waals surface area contributed by atoms with E-state index in [0.717, 1.165) is 19.4 Å². The van der Waals surface area contributed by atoms with Crippen molar-refractivity contribution in [2.75, 3.05) is 0 Å². The van der Waals surface area contributed by atoms with Crippen molar-refractivity contribution in [3.05, 3.63) is 17.5 Å². The van der Waals surface area contributed by atoms with E-state index in [1.165, 1.54) is 11.4 Å². The van der Waals surface area contributed by atoms with E-state index in [4.69, 9.17) is 5.73 Å². The molecule has 0 aliphatic carbocycles. The molecular weight excluding hydrogens is 162 g/mol. The molecule has 0 radical (unpaired) electrons. The van der Waals surface area contributed by atoms with Crippen molar-refractivity contribution >= 4 is 0 Å². The van der Waals surface area contributed by atoms with Crippen molar-refractivity contribution in [1.82, 2.24) is 9.78 Å². The topological polar surface area (TPSA) is 43.8 Å². The number of nitrogens with two attached hydrogens (primary N) is 1. The molecule has 1 unspecified atom stereocenters. The first-order valence-corrected chi connectivity index (χ1v) is 5.01. The lowest BCUT2D eigenvalue weighted by atomic mass is 10.0. The highest BCUT2D eigenvalue weighted by atomic mass is 15.3. The highest BCUT2D eigenvalue weighted by molar-refractivity contribution is 5.17. The van der Waals surface area contributed by atoms with Crippen LogP contribution in [0.25, 0.3) is 0 Å². The largest absolute Gasteiger partial charge is 0.323 e. The van der Waals surface area contributed by atoms with Crippen molar-refractivity contribution in [3.63, 3.8) is 0 Å². The van der Waals surface area contributed by atoms with Crippen LogP contribution < -0.4 is 5.73 Å². The minimum Gasteiger partial charge on any atom is -0.323 e. The van der Waals surface area contributed by atoms with Crippen molar-refractivity contribution in [1.29, 1.82) is 0 Å². The monoisotopic (exact) mass is 179 g/mol. The molecule has 2 rings (SSSR count). The van der Waals surface area contributed by atoms with Gasteiger partial charge in [-0.1, -0.05) is 13.8 Å². The number of fused-ring (bicyclic) bond motifs is 1. The predicted molar refractivity (Wildman–Crippen MR) is 52.5 cm³/mol. The van der Waals surface area contributed by atoms with E-state index in [2.05, 4.69) is 29.7 Å². The van der Waals surface area contributed by atoms with Gasteiger partial charge >= 0.3 is 0 Å². The second-order valence-corrected chi connectivity index (χ2v) is 4.12. The number of aromatic nitrogens is 2. The molecule has 1 atom stereocenters. The first-order chi connectivity index (χ1) is 6.18. The van der Waals surface area contributed by atoms with Crippen molar-refractivity contribution in [2.45, 2.75) is 45.2 Å². The standard InChI is InChI=1S/C10H17N3/c1-7(2)9-6-10-8(11)4-3-5-13(10)12-9/h6-8H,3-5,11H2,1-2H3. The average Bonchev–Trinajstić information content (AvgIpc) is 2.49.